The molecule has 0 unspecified atom stereocenters. The Kier molecular flexibility index (Phi) is 6.05. The smallest absolute Gasteiger partial charge is 0.144 e. The van der Waals surface area contributed by atoms with Crippen LogP contribution in [0, 0.1) is 0 Å². The molecule has 0 saturated heterocycles. The maximum atomic E-state index is 6.73. The molecule has 0 spiro atoms. The minimum atomic E-state index is 0.891. The number of hydrogen-bond donors (Lipinski definition) is 0. The van der Waals surface area contributed by atoms with Crippen molar-refractivity contribution in [2.75, 3.05) is 0 Å². The van der Waals surface area contributed by atoms with E-state index in [2.05, 4.69) is 158 Å². The van der Waals surface area contributed by atoms with Gasteiger partial charge >= 0.3 is 0 Å². The lowest BCUT2D eigenvalue weighted by molar-refractivity contribution is 0.670. The second kappa shape index (κ2) is 11.1. The third-order valence-corrected chi connectivity index (χ3v) is 11.2. The Morgan fingerprint density at radius 1 is 0.333 bits per heavy atom. The van der Waals surface area contributed by atoms with Gasteiger partial charge in [-0.25, -0.2) is 4.98 Å². The second-order valence-corrected chi connectivity index (χ2v) is 14.2. The summed E-state index contributed by atoms with van der Waals surface area (Å²) >= 11 is 0. The molecule has 0 aliphatic heterocycles. The van der Waals surface area contributed by atoms with Gasteiger partial charge in [-0.05, 0) is 68.6 Å². The quantitative estimate of drug-likeness (QED) is 0.174. The van der Waals surface area contributed by atoms with E-state index in [0.29, 0.717) is 0 Å². The lowest BCUT2D eigenvalue weighted by Gasteiger charge is -2.12. The molecule has 12 aromatic rings. The van der Waals surface area contributed by atoms with Crippen LogP contribution in [0.1, 0.15) is 0 Å². The zero-order valence-corrected chi connectivity index (χ0v) is 29.0. The Labute approximate surface area is 309 Å². The molecule has 0 aliphatic carbocycles. The van der Waals surface area contributed by atoms with E-state index in [1.807, 2.05) is 18.2 Å². The first kappa shape index (κ1) is 29.4. The third-order valence-electron chi connectivity index (χ3n) is 11.2. The van der Waals surface area contributed by atoms with E-state index in [-0.39, 0.29) is 0 Å². The largest absolute Gasteiger partial charge is 0.455 e. The summed E-state index contributed by atoms with van der Waals surface area (Å²) in [4.78, 5) is 5.34. The zero-order chi connectivity index (χ0) is 35.3. The van der Waals surface area contributed by atoms with Crippen LogP contribution < -0.4 is 0 Å². The SMILES string of the molecule is c1ccc(-c2nc3cc(-c4ccc(-c5cc6ccccc6c6c5oc5ccc7ccccc7c56)cc4)ccc3c3c2ccc2c4ccccc4oc23)cc1. The fraction of sp³-hybridized carbons (Fsp3) is 0. The maximum absolute atomic E-state index is 6.73. The van der Waals surface area contributed by atoms with Gasteiger partial charge in [0.2, 0.25) is 0 Å². The topological polar surface area (TPSA) is 39.2 Å². The van der Waals surface area contributed by atoms with Crippen LogP contribution in [-0.2, 0) is 0 Å². The summed E-state index contributed by atoms with van der Waals surface area (Å²) in [6.45, 7) is 0. The lowest BCUT2D eigenvalue weighted by Crippen LogP contribution is -1.91. The van der Waals surface area contributed by atoms with Crippen LogP contribution in [0.25, 0.3) is 121 Å². The van der Waals surface area contributed by atoms with Crippen molar-refractivity contribution in [1.29, 1.82) is 0 Å². The van der Waals surface area contributed by atoms with Crippen LogP contribution in [0.2, 0.25) is 0 Å². The molecule has 3 heterocycles. The van der Waals surface area contributed by atoms with Gasteiger partial charge in [-0.1, -0.05) is 146 Å². The average molecular weight is 688 g/mol. The first-order chi connectivity index (χ1) is 26.8. The van der Waals surface area contributed by atoms with Crippen LogP contribution in [-0.4, -0.2) is 4.98 Å². The van der Waals surface area contributed by atoms with Gasteiger partial charge in [-0.3, -0.25) is 0 Å². The summed E-state index contributed by atoms with van der Waals surface area (Å²) in [6.07, 6.45) is 0. The summed E-state index contributed by atoms with van der Waals surface area (Å²) < 4.78 is 13.3. The summed E-state index contributed by atoms with van der Waals surface area (Å²) in [5, 5.41) is 12.6. The normalized spacial score (nSPS) is 12.1. The number of aromatic nitrogens is 1. The van der Waals surface area contributed by atoms with Crippen molar-refractivity contribution >= 4 is 87.1 Å². The molecule has 3 nitrogen and oxygen atoms in total. The van der Waals surface area contributed by atoms with Gasteiger partial charge in [0.05, 0.1) is 11.2 Å². The van der Waals surface area contributed by atoms with Crippen molar-refractivity contribution in [1.82, 2.24) is 4.98 Å². The van der Waals surface area contributed by atoms with Gasteiger partial charge < -0.3 is 8.83 Å². The molecule has 0 atom stereocenters. The molecule has 0 N–H and O–H groups in total. The van der Waals surface area contributed by atoms with Crippen LogP contribution in [0.3, 0.4) is 0 Å². The molecule has 0 fully saturated rings. The number of para-hydroxylation sites is 1. The minimum Gasteiger partial charge on any atom is -0.455 e. The molecule has 0 saturated carbocycles. The van der Waals surface area contributed by atoms with Gasteiger partial charge in [0, 0.05) is 48.8 Å². The summed E-state index contributed by atoms with van der Waals surface area (Å²) in [5.74, 6) is 0. The number of hydrogen-bond acceptors (Lipinski definition) is 3. The van der Waals surface area contributed by atoms with Gasteiger partial charge in [0.1, 0.15) is 22.3 Å². The number of benzene rings is 9. The highest BCUT2D eigenvalue weighted by atomic mass is 16.3. The van der Waals surface area contributed by atoms with Crippen LogP contribution >= 0.6 is 0 Å². The fourth-order valence-corrected chi connectivity index (χ4v) is 8.71. The van der Waals surface area contributed by atoms with Gasteiger partial charge in [0.15, 0.2) is 0 Å². The van der Waals surface area contributed by atoms with E-state index in [1.54, 1.807) is 0 Å². The van der Waals surface area contributed by atoms with E-state index >= 15 is 0 Å². The van der Waals surface area contributed by atoms with E-state index < -0.39 is 0 Å². The highest BCUT2D eigenvalue weighted by Gasteiger charge is 2.20. The molecule has 3 heteroatoms. The zero-order valence-electron chi connectivity index (χ0n) is 29.0. The lowest BCUT2D eigenvalue weighted by atomic mass is 9.93. The van der Waals surface area contributed by atoms with Crippen molar-refractivity contribution < 1.29 is 8.83 Å². The predicted molar refractivity (Wildman–Crippen MR) is 225 cm³/mol. The Morgan fingerprint density at radius 3 is 1.83 bits per heavy atom. The van der Waals surface area contributed by atoms with E-state index in [9.17, 15) is 0 Å². The van der Waals surface area contributed by atoms with E-state index in [0.717, 1.165) is 88.3 Å². The van der Waals surface area contributed by atoms with Gasteiger partial charge in [-0.15, -0.1) is 0 Å². The Morgan fingerprint density at radius 2 is 0.981 bits per heavy atom. The summed E-state index contributed by atoms with van der Waals surface area (Å²) in [7, 11) is 0. The monoisotopic (exact) mass is 687 g/mol. The maximum Gasteiger partial charge on any atom is 0.144 e. The first-order valence-corrected chi connectivity index (χ1v) is 18.4. The molecule has 0 bridgehead atoms. The third kappa shape index (κ3) is 4.21. The standard InChI is InChI=1S/C51H29NO2/c1-2-11-33(12-3-1)49-41-26-25-39-38-16-8-9-17-44(38)53-50(39)46(41)40-24-22-34(29-43(40)52-49)30-18-20-32(21-19-30)42-28-35-13-5-7-15-37(35)48-47-36-14-6-4-10-31(36)23-27-45(47)54-51(42)48/h1-29H. The molecular weight excluding hydrogens is 659 g/mol. The second-order valence-electron chi connectivity index (χ2n) is 14.2. The van der Waals surface area contributed by atoms with Crippen molar-refractivity contribution in [2.45, 2.75) is 0 Å². The molecule has 250 valence electrons. The van der Waals surface area contributed by atoms with Gasteiger partial charge in [-0.2, -0.15) is 0 Å². The Balaban J connectivity index is 1.04. The molecular formula is C51H29NO2. The summed E-state index contributed by atoms with van der Waals surface area (Å²) in [5.41, 5.74) is 11.0. The molecule has 12 rings (SSSR count). The summed E-state index contributed by atoms with van der Waals surface area (Å²) in [6, 6.07) is 62.4. The first-order valence-electron chi connectivity index (χ1n) is 18.4. The highest BCUT2D eigenvalue weighted by Crippen LogP contribution is 2.45. The van der Waals surface area contributed by atoms with Crippen molar-refractivity contribution in [3.63, 3.8) is 0 Å². The Bertz CT molecular complexity index is 3480. The average Bonchev–Trinajstić information content (AvgIpc) is 3.83. The number of fused-ring (bicyclic) bond motifs is 14. The molecule has 0 aliphatic rings. The van der Waals surface area contributed by atoms with Crippen LogP contribution in [0.5, 0.6) is 0 Å². The van der Waals surface area contributed by atoms with Crippen molar-refractivity contribution in [2.24, 2.45) is 0 Å². The van der Waals surface area contributed by atoms with Crippen LogP contribution in [0.4, 0.5) is 0 Å². The highest BCUT2D eigenvalue weighted by molar-refractivity contribution is 6.29. The van der Waals surface area contributed by atoms with Crippen LogP contribution in [0.15, 0.2) is 185 Å². The van der Waals surface area contributed by atoms with E-state index in [4.69, 9.17) is 13.8 Å². The molecule has 0 amide bonds. The van der Waals surface area contributed by atoms with Crippen molar-refractivity contribution in [3.8, 4) is 33.5 Å². The van der Waals surface area contributed by atoms with E-state index in [1.165, 1.54) is 32.3 Å². The molecule has 0 radical (unpaired) electrons. The molecule has 3 aromatic heterocycles. The van der Waals surface area contributed by atoms with Crippen molar-refractivity contribution in [3.05, 3.63) is 176 Å². The number of pyridine rings is 1. The fourth-order valence-electron chi connectivity index (χ4n) is 8.71. The predicted octanol–water partition coefficient (Wildman–Crippen LogP) is 14.5. The minimum absolute atomic E-state index is 0.891. The number of rotatable bonds is 3. The molecule has 54 heavy (non-hydrogen) atoms. The number of nitrogens with zero attached hydrogens (tertiary/aromatic N) is 1. The van der Waals surface area contributed by atoms with Gasteiger partial charge in [0.25, 0.3) is 0 Å². The Hall–Kier alpha value is -7.23. The molecule has 9 aromatic carbocycles. The number of furan rings is 2.